The number of ether oxygens (including phenoxy) is 2. The van der Waals surface area contributed by atoms with Crippen LogP contribution in [0.25, 0.3) is 5.53 Å². The molecule has 3 atom stereocenters. The van der Waals surface area contributed by atoms with Gasteiger partial charge in [0.2, 0.25) is 23.5 Å². The summed E-state index contributed by atoms with van der Waals surface area (Å²) in [5.41, 5.74) is 14.5. The van der Waals surface area contributed by atoms with Gasteiger partial charge >= 0.3 is 24.3 Å². The molecule has 0 bridgehead atoms. The number of carbonyl (C=O) groups is 7. The van der Waals surface area contributed by atoms with Gasteiger partial charge in [0.15, 0.2) is 0 Å². The zero-order valence-corrected chi connectivity index (χ0v) is 27.2. The molecular weight excluding hydrogens is 616 g/mol. The van der Waals surface area contributed by atoms with Gasteiger partial charge in [-0.2, -0.15) is 4.79 Å². The Kier molecular flexibility index (Phi) is 17.5. The molecule has 0 aliphatic rings. The van der Waals surface area contributed by atoms with Crippen LogP contribution in [0, 0.1) is 5.92 Å². The van der Waals surface area contributed by atoms with Crippen molar-refractivity contribution in [1.82, 2.24) is 21.3 Å². The average Bonchev–Trinajstić information content (AvgIpc) is 2.98. The van der Waals surface area contributed by atoms with Crippen LogP contribution in [0.5, 0.6) is 0 Å². The van der Waals surface area contributed by atoms with E-state index in [2.05, 4.69) is 31.4 Å². The molecule has 1 aromatic rings. The lowest BCUT2D eigenvalue weighted by Gasteiger charge is -2.25. The molecule has 1 rings (SSSR count). The third-order valence-electron chi connectivity index (χ3n) is 6.31. The molecule has 0 fully saturated rings. The highest BCUT2D eigenvalue weighted by Gasteiger charge is 2.28. The Balaban J connectivity index is 2.87. The number of amides is 6. The summed E-state index contributed by atoms with van der Waals surface area (Å²) in [4.78, 5) is 87.8. The molecule has 1 aromatic carbocycles. The molecule has 0 heterocycles. The van der Waals surface area contributed by atoms with E-state index < -0.39 is 65.8 Å². The van der Waals surface area contributed by atoms with Crippen LogP contribution >= 0.6 is 0 Å². The summed E-state index contributed by atoms with van der Waals surface area (Å²) in [5.74, 6) is -3.08. The van der Waals surface area contributed by atoms with Crippen LogP contribution in [0.1, 0.15) is 65.9 Å². The summed E-state index contributed by atoms with van der Waals surface area (Å²) in [7, 11) is 0. The molecular formula is C30H44N8O9. The number of nitrogens with zero attached hydrogens (tertiary/aromatic N) is 2. The first-order valence-electron chi connectivity index (χ1n) is 15.0. The van der Waals surface area contributed by atoms with Crippen LogP contribution < -0.4 is 32.3 Å². The van der Waals surface area contributed by atoms with E-state index in [1.165, 1.54) is 6.92 Å². The number of primary amides is 1. The highest BCUT2D eigenvalue weighted by atomic mass is 16.6. The van der Waals surface area contributed by atoms with Gasteiger partial charge in [-0.1, -0.05) is 26.0 Å². The molecule has 0 aliphatic heterocycles. The van der Waals surface area contributed by atoms with Crippen LogP contribution in [0.4, 0.5) is 15.3 Å². The van der Waals surface area contributed by atoms with Crippen molar-refractivity contribution in [3.05, 3.63) is 35.4 Å². The molecule has 7 N–H and O–H groups in total. The Morgan fingerprint density at radius 3 is 2.13 bits per heavy atom. The number of benzene rings is 1. The lowest BCUT2D eigenvalue weighted by Crippen LogP contribution is -2.54. The van der Waals surface area contributed by atoms with Gasteiger partial charge < -0.3 is 47.3 Å². The van der Waals surface area contributed by atoms with Gasteiger partial charge in [-0.3, -0.25) is 19.2 Å². The number of Topliss-reactive ketones (excluding diaryl/α,β-unsaturated/α-hetero) is 1. The van der Waals surface area contributed by atoms with Crippen LogP contribution in [-0.4, -0.2) is 83.4 Å². The zero-order valence-electron chi connectivity index (χ0n) is 27.2. The number of nitrogens with two attached hydrogens (primary N) is 1. The number of alkyl carbamates (subject to hydrolysis) is 1. The SMILES string of the molecule is CC(=O)N[C@H](C(=O)N[C@@H](CCCNC(N)=O)C(=O)Nc1ccc(COC(=O)N[C@@H](CCC(=O)C=[N+]=[N-])C(=O)OC(C)C)cc1)C(C)C. The quantitative estimate of drug-likeness (QED) is 0.0404. The minimum absolute atomic E-state index is 0.117. The smallest absolute Gasteiger partial charge is 0.408 e. The van der Waals surface area contributed by atoms with E-state index in [0.717, 1.165) is 0 Å². The van der Waals surface area contributed by atoms with Crippen LogP contribution in [-0.2, 0) is 40.1 Å². The topological polar surface area (TPSA) is 261 Å². The number of carbonyl (C=O) groups excluding carboxylic acids is 7. The molecule has 0 radical (unpaired) electrons. The van der Waals surface area contributed by atoms with E-state index in [-0.39, 0.29) is 38.3 Å². The lowest BCUT2D eigenvalue weighted by atomic mass is 10.0. The third kappa shape index (κ3) is 16.5. The first kappa shape index (κ1) is 39.7. The van der Waals surface area contributed by atoms with Gasteiger partial charge in [0.05, 0.1) is 6.10 Å². The van der Waals surface area contributed by atoms with E-state index in [0.29, 0.717) is 23.9 Å². The van der Waals surface area contributed by atoms with Gasteiger partial charge in [-0.25, -0.2) is 14.4 Å². The molecule has 258 valence electrons. The zero-order chi connectivity index (χ0) is 35.5. The molecule has 47 heavy (non-hydrogen) atoms. The van der Waals surface area contributed by atoms with E-state index >= 15 is 0 Å². The Morgan fingerprint density at radius 2 is 1.57 bits per heavy atom. The van der Waals surface area contributed by atoms with E-state index in [9.17, 15) is 33.6 Å². The summed E-state index contributed by atoms with van der Waals surface area (Å²) in [6.07, 6.45) is -0.575. The van der Waals surface area contributed by atoms with E-state index in [4.69, 9.17) is 20.7 Å². The van der Waals surface area contributed by atoms with Gasteiger partial charge in [0.1, 0.15) is 24.7 Å². The maximum atomic E-state index is 13.2. The summed E-state index contributed by atoms with van der Waals surface area (Å²) >= 11 is 0. The largest absolute Gasteiger partial charge is 0.461 e. The maximum Gasteiger partial charge on any atom is 0.408 e. The second kappa shape index (κ2) is 20.7. The fourth-order valence-electron chi connectivity index (χ4n) is 4.03. The fraction of sp³-hybridized carbons (Fsp3) is 0.533. The highest BCUT2D eigenvalue weighted by molar-refractivity contribution is 6.25. The second-order valence-corrected chi connectivity index (χ2v) is 11.1. The van der Waals surface area contributed by atoms with Crippen molar-refractivity contribution in [3.63, 3.8) is 0 Å². The number of anilines is 1. The molecule has 0 spiro atoms. The first-order chi connectivity index (χ1) is 22.1. The van der Waals surface area contributed by atoms with Gasteiger partial charge in [0.25, 0.3) is 0 Å². The summed E-state index contributed by atoms with van der Waals surface area (Å²) in [6.45, 7) is 8.00. The van der Waals surface area contributed by atoms with Crippen molar-refractivity contribution in [1.29, 1.82) is 0 Å². The first-order valence-corrected chi connectivity index (χ1v) is 15.0. The molecule has 17 heteroatoms. The predicted octanol–water partition coefficient (Wildman–Crippen LogP) is 0.915. The monoisotopic (exact) mass is 660 g/mol. The summed E-state index contributed by atoms with van der Waals surface area (Å²) in [6, 6.07) is 2.46. The van der Waals surface area contributed by atoms with Crippen molar-refractivity contribution >= 4 is 53.5 Å². The van der Waals surface area contributed by atoms with Crippen molar-refractivity contribution in [3.8, 4) is 0 Å². The molecule has 6 amide bonds. The number of nitrogens with one attached hydrogen (secondary N) is 5. The van der Waals surface area contributed by atoms with Crippen LogP contribution in [0.2, 0.25) is 0 Å². The Hall–Kier alpha value is -5.31. The van der Waals surface area contributed by atoms with Gasteiger partial charge in [-0.15, -0.1) is 0 Å². The number of esters is 1. The molecule has 0 saturated heterocycles. The third-order valence-corrected chi connectivity index (χ3v) is 6.31. The van der Waals surface area contributed by atoms with Crippen LogP contribution in [0.15, 0.2) is 24.3 Å². The fourth-order valence-corrected chi connectivity index (χ4v) is 4.03. The highest BCUT2D eigenvalue weighted by Crippen LogP contribution is 2.13. The Morgan fingerprint density at radius 1 is 0.915 bits per heavy atom. The molecule has 0 aliphatic carbocycles. The second-order valence-electron chi connectivity index (χ2n) is 11.1. The van der Waals surface area contributed by atoms with E-state index in [1.54, 1.807) is 52.0 Å². The maximum absolute atomic E-state index is 13.2. The molecule has 0 unspecified atom stereocenters. The van der Waals surface area contributed by atoms with E-state index in [1.807, 2.05) is 0 Å². The van der Waals surface area contributed by atoms with Gasteiger partial charge in [0, 0.05) is 25.6 Å². The van der Waals surface area contributed by atoms with Crippen molar-refractivity contribution in [2.75, 3.05) is 11.9 Å². The Labute approximate surface area is 272 Å². The Bertz CT molecular complexity index is 1310. The molecule has 17 nitrogen and oxygen atoms in total. The van der Waals surface area contributed by atoms with Gasteiger partial charge in [-0.05, 0) is 56.7 Å². The standard InChI is InChI=1S/C30H44N8O9/c1-17(2)25(35-19(5)39)27(42)37-23(7-6-14-33-29(31)44)26(41)36-21-10-8-20(9-11-21)16-46-30(45)38-24(28(43)47-18(3)4)13-12-22(40)15-34-32/h8-11,15,17-18,23-25H,6-7,12-14,16H2,1-5H3,(H,35,39)(H,36,41)(H,37,42)(H,38,45)(H3,31,33,44)/t23-,24-,25-/m0/s1. The molecule has 0 saturated carbocycles. The number of ketones is 1. The van der Waals surface area contributed by atoms with Crippen LogP contribution in [0.3, 0.4) is 0 Å². The van der Waals surface area contributed by atoms with Crippen molar-refractivity contribution in [2.24, 2.45) is 11.7 Å². The average molecular weight is 661 g/mol. The van der Waals surface area contributed by atoms with Crippen molar-refractivity contribution < 1.29 is 47.8 Å². The predicted molar refractivity (Wildman–Crippen MR) is 169 cm³/mol. The van der Waals surface area contributed by atoms with Crippen molar-refractivity contribution in [2.45, 2.75) is 91.1 Å². The minimum atomic E-state index is -1.19. The normalized spacial score (nSPS) is 12.4. The minimum Gasteiger partial charge on any atom is -0.461 e. The molecule has 0 aromatic heterocycles. The lowest BCUT2D eigenvalue weighted by molar-refractivity contribution is -0.150. The number of rotatable bonds is 19. The summed E-state index contributed by atoms with van der Waals surface area (Å²) in [5, 5.41) is 12.7. The number of urea groups is 1. The number of hydrogen-bond donors (Lipinski definition) is 6. The summed E-state index contributed by atoms with van der Waals surface area (Å²) < 4.78 is 10.3. The number of hydrogen-bond acceptors (Lipinski definition) is 9.